The summed E-state index contributed by atoms with van der Waals surface area (Å²) >= 11 is 7.98. The molecule has 8 heteroatoms. The lowest BCUT2D eigenvalue weighted by Gasteiger charge is -2.22. The van der Waals surface area contributed by atoms with Crippen LogP contribution in [0.5, 0.6) is 0 Å². The van der Waals surface area contributed by atoms with Gasteiger partial charge in [-0.1, -0.05) is 29.8 Å². The van der Waals surface area contributed by atoms with E-state index in [0.29, 0.717) is 17.1 Å². The van der Waals surface area contributed by atoms with Crippen molar-refractivity contribution < 1.29 is 8.42 Å². The molecule has 1 aliphatic heterocycles. The first-order valence-corrected chi connectivity index (χ1v) is 11.1. The number of sulfonamides is 1. The lowest BCUT2D eigenvalue weighted by molar-refractivity contribution is 0.374. The zero-order valence-corrected chi connectivity index (χ0v) is 16.6. The lowest BCUT2D eigenvalue weighted by atomic mass is 10.0. The number of hydrogen-bond donors (Lipinski definition) is 0. The summed E-state index contributed by atoms with van der Waals surface area (Å²) in [4.78, 5) is 5.44. The largest absolute Gasteiger partial charge is 0.247 e. The van der Waals surface area contributed by atoms with E-state index < -0.39 is 16.1 Å². The summed E-state index contributed by atoms with van der Waals surface area (Å²) in [5.74, 6) is 0. The van der Waals surface area contributed by atoms with Gasteiger partial charge in [0.25, 0.3) is 0 Å². The van der Waals surface area contributed by atoms with Crippen molar-refractivity contribution in [2.24, 2.45) is 5.10 Å². The summed E-state index contributed by atoms with van der Waals surface area (Å²) in [6.45, 7) is 1.99. The molecule has 0 aliphatic carbocycles. The van der Waals surface area contributed by atoms with E-state index >= 15 is 0 Å². The smallest absolute Gasteiger partial charge is 0.236 e. The number of aromatic nitrogens is 1. The van der Waals surface area contributed by atoms with Crippen LogP contribution in [0.2, 0.25) is 5.15 Å². The summed E-state index contributed by atoms with van der Waals surface area (Å²) in [7, 11) is -3.54. The number of benzene rings is 1. The summed E-state index contributed by atoms with van der Waals surface area (Å²) in [5, 5.41) is 7.56. The maximum absolute atomic E-state index is 12.3. The molecular weight excluding hydrogens is 390 g/mol. The van der Waals surface area contributed by atoms with Crippen molar-refractivity contribution in [2.45, 2.75) is 19.4 Å². The number of halogens is 1. The molecule has 2 aromatic heterocycles. The van der Waals surface area contributed by atoms with Gasteiger partial charge < -0.3 is 0 Å². The first-order chi connectivity index (χ1) is 12.3. The number of hydrogen-bond acceptors (Lipinski definition) is 5. The molecule has 0 bridgehead atoms. The predicted octanol–water partition coefficient (Wildman–Crippen LogP) is 4.37. The molecule has 0 saturated heterocycles. The summed E-state index contributed by atoms with van der Waals surface area (Å²) in [6, 6.07) is 11.2. The minimum atomic E-state index is -3.54. The first kappa shape index (κ1) is 17.5. The molecule has 0 amide bonds. The van der Waals surface area contributed by atoms with Gasteiger partial charge in [-0.15, -0.1) is 11.3 Å². The number of rotatable bonds is 3. The molecule has 0 spiro atoms. The Morgan fingerprint density at radius 1 is 1.27 bits per heavy atom. The number of hydrazone groups is 1. The topological polar surface area (TPSA) is 62.6 Å². The van der Waals surface area contributed by atoms with Crippen LogP contribution in [-0.4, -0.2) is 29.8 Å². The Kier molecular flexibility index (Phi) is 4.25. The Morgan fingerprint density at radius 3 is 2.77 bits per heavy atom. The average Bonchev–Trinajstić information content (AvgIpc) is 3.23. The van der Waals surface area contributed by atoms with Gasteiger partial charge in [0.2, 0.25) is 10.0 Å². The number of fused-ring (bicyclic) bond motifs is 1. The molecule has 0 fully saturated rings. The molecule has 0 saturated carbocycles. The summed E-state index contributed by atoms with van der Waals surface area (Å²) in [6.07, 6.45) is 1.62. The fourth-order valence-electron chi connectivity index (χ4n) is 3.12. The van der Waals surface area contributed by atoms with Gasteiger partial charge in [-0.05, 0) is 36.1 Å². The highest BCUT2D eigenvalue weighted by Gasteiger charge is 2.36. The molecule has 1 aliphatic rings. The van der Waals surface area contributed by atoms with Crippen molar-refractivity contribution in [3.05, 3.63) is 62.9 Å². The summed E-state index contributed by atoms with van der Waals surface area (Å²) in [5.41, 5.74) is 3.30. The van der Waals surface area contributed by atoms with E-state index in [4.69, 9.17) is 11.6 Å². The minimum absolute atomic E-state index is 0.310. The van der Waals surface area contributed by atoms with Crippen LogP contribution in [-0.2, 0) is 10.0 Å². The van der Waals surface area contributed by atoms with Crippen molar-refractivity contribution >= 4 is 49.6 Å². The standard InChI is InChI=1S/C18H16ClN3O2S2/c1-11-5-6-12-9-13(18(19)20-14(12)8-11)16-10-15(17-4-3-7-25-17)21-22(16)26(2,23)24/h3-9,16H,10H2,1-2H3/t16-/m1/s1. The van der Waals surface area contributed by atoms with Gasteiger partial charge in [-0.25, -0.2) is 13.4 Å². The van der Waals surface area contributed by atoms with Crippen LogP contribution in [0.15, 0.2) is 46.9 Å². The van der Waals surface area contributed by atoms with E-state index in [1.54, 1.807) is 0 Å². The Morgan fingerprint density at radius 2 is 2.08 bits per heavy atom. The molecule has 0 N–H and O–H groups in total. The Labute approximate surface area is 161 Å². The molecule has 0 radical (unpaired) electrons. The van der Waals surface area contributed by atoms with E-state index in [1.807, 2.05) is 48.7 Å². The molecule has 3 heterocycles. The van der Waals surface area contributed by atoms with Gasteiger partial charge >= 0.3 is 0 Å². The van der Waals surface area contributed by atoms with Gasteiger partial charge in [0.15, 0.2) is 0 Å². The van der Waals surface area contributed by atoms with Crippen LogP contribution in [0.4, 0.5) is 0 Å². The fourth-order valence-corrected chi connectivity index (χ4v) is 5.01. The molecule has 5 nitrogen and oxygen atoms in total. The van der Waals surface area contributed by atoms with Gasteiger partial charge in [0.1, 0.15) is 5.15 Å². The lowest BCUT2D eigenvalue weighted by Crippen LogP contribution is -2.26. The van der Waals surface area contributed by atoms with E-state index in [9.17, 15) is 8.42 Å². The van der Waals surface area contributed by atoms with Crippen molar-refractivity contribution in [1.82, 2.24) is 9.40 Å². The second-order valence-electron chi connectivity index (χ2n) is 6.34. The van der Waals surface area contributed by atoms with Gasteiger partial charge in [0.05, 0.1) is 28.4 Å². The van der Waals surface area contributed by atoms with E-state index in [2.05, 4.69) is 10.1 Å². The number of nitrogens with zero attached hydrogens (tertiary/aromatic N) is 3. The Hall–Kier alpha value is -1.96. The van der Waals surface area contributed by atoms with Crippen molar-refractivity contribution in [2.75, 3.05) is 6.26 Å². The van der Waals surface area contributed by atoms with Crippen LogP contribution in [0.3, 0.4) is 0 Å². The molecule has 1 atom stereocenters. The minimum Gasteiger partial charge on any atom is -0.236 e. The maximum Gasteiger partial charge on any atom is 0.247 e. The van der Waals surface area contributed by atoms with Gasteiger partial charge in [0, 0.05) is 17.4 Å². The third kappa shape index (κ3) is 3.11. The van der Waals surface area contributed by atoms with Crippen molar-refractivity contribution in [3.8, 4) is 0 Å². The molecule has 4 rings (SSSR count). The molecule has 26 heavy (non-hydrogen) atoms. The van der Waals surface area contributed by atoms with Crippen LogP contribution < -0.4 is 0 Å². The highest BCUT2D eigenvalue weighted by atomic mass is 35.5. The molecule has 134 valence electrons. The SMILES string of the molecule is Cc1ccc2cc([C@H]3CC(c4cccs4)=NN3S(C)(=O)=O)c(Cl)nc2c1. The van der Waals surface area contributed by atoms with E-state index in [0.717, 1.165) is 37.7 Å². The Balaban J connectivity index is 1.82. The second-order valence-corrected chi connectivity index (χ2v) is 9.49. The van der Waals surface area contributed by atoms with Crippen LogP contribution in [0, 0.1) is 6.92 Å². The molecule has 3 aromatic rings. The molecule has 1 aromatic carbocycles. The quantitative estimate of drug-likeness (QED) is 0.608. The van der Waals surface area contributed by atoms with Crippen LogP contribution >= 0.6 is 22.9 Å². The van der Waals surface area contributed by atoms with Crippen LogP contribution in [0.25, 0.3) is 10.9 Å². The fraction of sp³-hybridized carbons (Fsp3) is 0.222. The summed E-state index contributed by atoms with van der Waals surface area (Å²) < 4.78 is 25.8. The number of aryl methyl sites for hydroxylation is 1. The second kappa shape index (κ2) is 6.33. The molecule has 0 unspecified atom stereocenters. The highest BCUT2D eigenvalue weighted by Crippen LogP contribution is 2.39. The number of pyridine rings is 1. The van der Waals surface area contributed by atoms with Gasteiger partial charge in [-0.2, -0.15) is 9.52 Å². The van der Waals surface area contributed by atoms with E-state index in [-0.39, 0.29) is 0 Å². The monoisotopic (exact) mass is 405 g/mol. The first-order valence-electron chi connectivity index (χ1n) is 8.00. The zero-order valence-electron chi connectivity index (χ0n) is 14.2. The normalized spacial score (nSPS) is 17.7. The number of thiophene rings is 1. The highest BCUT2D eigenvalue weighted by molar-refractivity contribution is 7.88. The third-order valence-corrected chi connectivity index (χ3v) is 6.57. The van der Waals surface area contributed by atoms with Crippen molar-refractivity contribution in [3.63, 3.8) is 0 Å². The van der Waals surface area contributed by atoms with Gasteiger partial charge in [-0.3, -0.25) is 0 Å². The van der Waals surface area contributed by atoms with Crippen molar-refractivity contribution in [1.29, 1.82) is 0 Å². The molecular formula is C18H16ClN3O2S2. The van der Waals surface area contributed by atoms with Crippen LogP contribution in [0.1, 0.15) is 28.5 Å². The third-order valence-electron chi connectivity index (χ3n) is 4.33. The Bertz CT molecular complexity index is 1120. The predicted molar refractivity (Wildman–Crippen MR) is 106 cm³/mol. The van der Waals surface area contributed by atoms with E-state index in [1.165, 1.54) is 11.3 Å². The zero-order chi connectivity index (χ0) is 18.5. The average molecular weight is 406 g/mol. The maximum atomic E-state index is 12.3.